The zero-order valence-electron chi connectivity index (χ0n) is 19.1. The lowest BCUT2D eigenvalue weighted by Gasteiger charge is -2.15. The predicted octanol–water partition coefficient (Wildman–Crippen LogP) is 3.66. The van der Waals surface area contributed by atoms with Crippen LogP contribution in [0.5, 0.6) is 5.75 Å². The maximum Gasteiger partial charge on any atom is 0.278 e. The van der Waals surface area contributed by atoms with Crippen LogP contribution in [-0.4, -0.2) is 49.0 Å². The Kier molecular flexibility index (Phi) is 8.21. The molecule has 33 heavy (non-hydrogen) atoms. The highest BCUT2D eigenvalue weighted by atomic mass is 16.5. The van der Waals surface area contributed by atoms with Crippen molar-refractivity contribution in [3.8, 4) is 5.75 Å². The van der Waals surface area contributed by atoms with Crippen LogP contribution in [0, 0.1) is 0 Å². The molecule has 0 saturated carbocycles. The molecular weight excluding hydrogens is 422 g/mol. The molecule has 0 aromatic heterocycles. The number of nitrogens with zero attached hydrogens (tertiary/aromatic N) is 1. The first-order valence-electron chi connectivity index (χ1n) is 11.0. The van der Waals surface area contributed by atoms with Gasteiger partial charge in [-0.15, -0.1) is 0 Å². The highest BCUT2D eigenvalue weighted by Gasteiger charge is 2.38. The SMILES string of the molecule is CCOCCCN1C(=O)C(Nc2cccc(OCC)c2)=C(c2ccc(NC(C)=O)cc2)C1=O. The van der Waals surface area contributed by atoms with Crippen molar-refractivity contribution in [1.82, 2.24) is 4.90 Å². The van der Waals surface area contributed by atoms with E-state index >= 15 is 0 Å². The number of carbonyl (C=O) groups excluding carboxylic acids is 3. The van der Waals surface area contributed by atoms with E-state index in [0.717, 1.165) is 0 Å². The summed E-state index contributed by atoms with van der Waals surface area (Å²) in [6.45, 7) is 7.04. The van der Waals surface area contributed by atoms with Gasteiger partial charge in [-0.3, -0.25) is 19.3 Å². The van der Waals surface area contributed by atoms with Crippen molar-refractivity contribution in [2.24, 2.45) is 0 Å². The minimum atomic E-state index is -0.390. The highest BCUT2D eigenvalue weighted by Crippen LogP contribution is 2.32. The van der Waals surface area contributed by atoms with Crippen LogP contribution in [-0.2, 0) is 19.1 Å². The van der Waals surface area contributed by atoms with Crippen molar-refractivity contribution >= 4 is 34.7 Å². The van der Waals surface area contributed by atoms with Gasteiger partial charge in [0.2, 0.25) is 5.91 Å². The Balaban J connectivity index is 1.93. The van der Waals surface area contributed by atoms with Gasteiger partial charge in [0.05, 0.1) is 12.2 Å². The number of amides is 3. The number of ether oxygens (including phenoxy) is 2. The van der Waals surface area contributed by atoms with Gasteiger partial charge >= 0.3 is 0 Å². The summed E-state index contributed by atoms with van der Waals surface area (Å²) in [5, 5.41) is 5.83. The first-order chi connectivity index (χ1) is 15.9. The Morgan fingerprint density at radius 2 is 1.73 bits per heavy atom. The molecule has 1 aliphatic rings. The molecule has 0 spiro atoms. The van der Waals surface area contributed by atoms with Crippen LogP contribution in [0.2, 0.25) is 0 Å². The molecule has 2 N–H and O–H groups in total. The Bertz CT molecular complexity index is 1050. The fraction of sp³-hybridized carbons (Fsp3) is 0.320. The van der Waals surface area contributed by atoms with Crippen LogP contribution < -0.4 is 15.4 Å². The quantitative estimate of drug-likeness (QED) is 0.400. The molecular formula is C25H29N3O5. The third-order valence-corrected chi connectivity index (χ3v) is 4.95. The van der Waals surface area contributed by atoms with Crippen LogP contribution in [0.3, 0.4) is 0 Å². The minimum Gasteiger partial charge on any atom is -0.494 e. The molecule has 1 heterocycles. The molecule has 174 valence electrons. The van der Waals surface area contributed by atoms with Gasteiger partial charge in [0.1, 0.15) is 11.4 Å². The number of carbonyl (C=O) groups is 3. The maximum absolute atomic E-state index is 13.3. The Morgan fingerprint density at radius 1 is 0.970 bits per heavy atom. The van der Waals surface area contributed by atoms with Gasteiger partial charge in [0.25, 0.3) is 11.8 Å². The summed E-state index contributed by atoms with van der Waals surface area (Å²) in [4.78, 5) is 39.1. The van der Waals surface area contributed by atoms with E-state index in [0.29, 0.717) is 48.9 Å². The van der Waals surface area contributed by atoms with Crippen molar-refractivity contribution in [2.75, 3.05) is 37.0 Å². The normalized spacial score (nSPS) is 13.5. The lowest BCUT2D eigenvalue weighted by atomic mass is 10.0. The number of hydrogen-bond donors (Lipinski definition) is 2. The monoisotopic (exact) mass is 451 g/mol. The molecule has 0 aliphatic carbocycles. The average molecular weight is 452 g/mol. The van der Waals surface area contributed by atoms with Crippen LogP contribution in [0.4, 0.5) is 11.4 Å². The van der Waals surface area contributed by atoms with Crippen LogP contribution >= 0.6 is 0 Å². The lowest BCUT2D eigenvalue weighted by molar-refractivity contribution is -0.137. The second kappa shape index (κ2) is 11.3. The molecule has 0 radical (unpaired) electrons. The summed E-state index contributed by atoms with van der Waals surface area (Å²) in [5.74, 6) is -0.285. The number of nitrogens with one attached hydrogen (secondary N) is 2. The van der Waals surface area contributed by atoms with Gasteiger partial charge < -0.3 is 20.1 Å². The highest BCUT2D eigenvalue weighted by molar-refractivity contribution is 6.36. The fourth-order valence-corrected chi connectivity index (χ4v) is 3.53. The van der Waals surface area contributed by atoms with E-state index in [9.17, 15) is 14.4 Å². The summed E-state index contributed by atoms with van der Waals surface area (Å²) in [7, 11) is 0. The molecule has 2 aromatic carbocycles. The molecule has 3 rings (SSSR count). The Labute approximate surface area is 193 Å². The second-order valence-electron chi connectivity index (χ2n) is 7.41. The summed E-state index contributed by atoms with van der Waals surface area (Å²) in [6.07, 6.45) is 0.549. The smallest absolute Gasteiger partial charge is 0.278 e. The molecule has 8 heteroatoms. The second-order valence-corrected chi connectivity index (χ2v) is 7.41. The van der Waals surface area contributed by atoms with Crippen LogP contribution in [0.15, 0.2) is 54.2 Å². The number of imide groups is 1. The van der Waals surface area contributed by atoms with Crippen molar-refractivity contribution in [2.45, 2.75) is 27.2 Å². The molecule has 0 saturated heterocycles. The van der Waals surface area contributed by atoms with Gasteiger partial charge in [-0.05, 0) is 50.1 Å². The Morgan fingerprint density at radius 3 is 2.39 bits per heavy atom. The number of hydrogen-bond acceptors (Lipinski definition) is 6. The van der Waals surface area contributed by atoms with Gasteiger partial charge in [0.15, 0.2) is 0 Å². The molecule has 0 fully saturated rings. The third kappa shape index (κ3) is 5.98. The van der Waals surface area contributed by atoms with Gasteiger partial charge in [-0.1, -0.05) is 18.2 Å². The fourth-order valence-electron chi connectivity index (χ4n) is 3.53. The topological polar surface area (TPSA) is 97.0 Å². The molecule has 1 aliphatic heterocycles. The number of benzene rings is 2. The Hall–Kier alpha value is -3.65. The van der Waals surface area contributed by atoms with E-state index in [1.165, 1.54) is 11.8 Å². The van der Waals surface area contributed by atoms with Crippen molar-refractivity contribution < 1.29 is 23.9 Å². The molecule has 2 aromatic rings. The first-order valence-corrected chi connectivity index (χ1v) is 11.0. The first kappa shape index (κ1) is 24.0. The van der Waals surface area contributed by atoms with Crippen molar-refractivity contribution in [3.05, 3.63) is 59.8 Å². The third-order valence-electron chi connectivity index (χ3n) is 4.95. The molecule has 0 unspecified atom stereocenters. The van der Waals surface area contributed by atoms with Crippen LogP contribution in [0.1, 0.15) is 32.8 Å². The summed E-state index contributed by atoms with van der Waals surface area (Å²) >= 11 is 0. The van der Waals surface area contributed by atoms with Crippen molar-refractivity contribution in [1.29, 1.82) is 0 Å². The van der Waals surface area contributed by atoms with Crippen LogP contribution in [0.25, 0.3) is 5.57 Å². The molecule has 0 bridgehead atoms. The summed E-state index contributed by atoms with van der Waals surface area (Å²) in [5.41, 5.74) is 2.32. The van der Waals surface area contributed by atoms with Gasteiger partial charge in [0, 0.05) is 44.1 Å². The van der Waals surface area contributed by atoms with E-state index in [4.69, 9.17) is 9.47 Å². The zero-order valence-corrected chi connectivity index (χ0v) is 19.1. The lowest BCUT2D eigenvalue weighted by Crippen LogP contribution is -2.34. The number of rotatable bonds is 11. The largest absolute Gasteiger partial charge is 0.494 e. The average Bonchev–Trinajstić information content (AvgIpc) is 3.01. The van der Waals surface area contributed by atoms with Gasteiger partial charge in [-0.25, -0.2) is 0 Å². The predicted molar refractivity (Wildman–Crippen MR) is 127 cm³/mol. The standard InChI is InChI=1S/C25H29N3O5/c1-4-32-15-7-14-28-24(30)22(18-10-12-19(13-11-18)26-17(3)29)23(25(28)31)27-20-8-6-9-21(16-20)33-5-2/h6,8-13,16,27H,4-5,7,14-15H2,1-3H3,(H,26,29). The minimum absolute atomic E-state index is 0.189. The molecule has 0 atom stereocenters. The summed E-state index contributed by atoms with van der Waals surface area (Å²) < 4.78 is 10.9. The molecule has 3 amide bonds. The summed E-state index contributed by atoms with van der Waals surface area (Å²) in [6, 6.07) is 14.1. The van der Waals surface area contributed by atoms with Gasteiger partial charge in [-0.2, -0.15) is 0 Å². The van der Waals surface area contributed by atoms with E-state index < -0.39 is 0 Å². The molecule has 8 nitrogen and oxygen atoms in total. The van der Waals surface area contributed by atoms with E-state index in [1.54, 1.807) is 30.3 Å². The zero-order chi connectivity index (χ0) is 23.8. The van der Waals surface area contributed by atoms with E-state index in [-0.39, 0.29) is 35.5 Å². The van der Waals surface area contributed by atoms with E-state index in [2.05, 4.69) is 10.6 Å². The van der Waals surface area contributed by atoms with Crippen molar-refractivity contribution in [3.63, 3.8) is 0 Å². The maximum atomic E-state index is 13.3. The number of anilines is 2. The van der Waals surface area contributed by atoms with E-state index in [1.807, 2.05) is 32.0 Å².